The summed E-state index contributed by atoms with van der Waals surface area (Å²) in [6, 6.07) is 0. The van der Waals surface area contributed by atoms with E-state index in [1.165, 1.54) is 6.33 Å². The molecule has 1 heterocycles. The van der Waals surface area contributed by atoms with E-state index in [1.54, 1.807) is 13.2 Å². The highest BCUT2D eigenvalue weighted by molar-refractivity contribution is 5.17. The first-order chi connectivity index (χ1) is 5.75. The van der Waals surface area contributed by atoms with Crippen LogP contribution < -0.4 is 5.32 Å². The van der Waals surface area contributed by atoms with E-state index in [9.17, 15) is 5.11 Å². The number of rotatable bonds is 3. The van der Waals surface area contributed by atoms with Crippen LogP contribution in [0.5, 0.6) is 0 Å². The zero-order chi connectivity index (χ0) is 8.97. The average Bonchev–Trinajstić information content (AvgIpc) is 2.05. The lowest BCUT2D eigenvalue weighted by Crippen LogP contribution is -2.17. The van der Waals surface area contributed by atoms with Gasteiger partial charge in [0.1, 0.15) is 6.33 Å². The molecular formula is C8H13N3O. The fourth-order valence-corrected chi connectivity index (χ4v) is 1.03. The fourth-order valence-electron chi connectivity index (χ4n) is 1.03. The number of aliphatic hydroxyl groups is 1. The van der Waals surface area contributed by atoms with Gasteiger partial charge in [0.15, 0.2) is 0 Å². The van der Waals surface area contributed by atoms with Crippen LogP contribution in [0.2, 0.25) is 0 Å². The predicted molar refractivity (Wildman–Crippen MR) is 45.7 cm³/mol. The third kappa shape index (κ3) is 1.99. The monoisotopic (exact) mass is 167 g/mol. The highest BCUT2D eigenvalue weighted by atomic mass is 16.3. The van der Waals surface area contributed by atoms with Crippen molar-refractivity contribution in [3.8, 4) is 0 Å². The number of aromatic nitrogens is 2. The van der Waals surface area contributed by atoms with Crippen molar-refractivity contribution in [3.05, 3.63) is 23.8 Å². The molecule has 0 radical (unpaired) electrons. The molecule has 0 spiro atoms. The Kier molecular flexibility index (Phi) is 3.13. The van der Waals surface area contributed by atoms with E-state index in [-0.39, 0.29) is 0 Å². The molecule has 0 bridgehead atoms. The van der Waals surface area contributed by atoms with Gasteiger partial charge in [0.05, 0.1) is 6.10 Å². The highest BCUT2D eigenvalue weighted by Gasteiger charge is 2.09. The average molecular weight is 167 g/mol. The van der Waals surface area contributed by atoms with E-state index >= 15 is 0 Å². The van der Waals surface area contributed by atoms with Crippen LogP contribution in [0.25, 0.3) is 0 Å². The Hall–Kier alpha value is -1.00. The second-order valence-electron chi connectivity index (χ2n) is 2.64. The van der Waals surface area contributed by atoms with Crippen LogP contribution in [0.4, 0.5) is 0 Å². The van der Waals surface area contributed by atoms with E-state index in [2.05, 4.69) is 15.3 Å². The normalized spacial score (nSPS) is 12.9. The summed E-state index contributed by atoms with van der Waals surface area (Å²) in [5.74, 6) is 0. The minimum atomic E-state index is -0.517. The molecular weight excluding hydrogens is 154 g/mol. The summed E-state index contributed by atoms with van der Waals surface area (Å²) < 4.78 is 0. The van der Waals surface area contributed by atoms with Crippen LogP contribution >= 0.6 is 0 Å². The van der Waals surface area contributed by atoms with Crippen LogP contribution in [0.15, 0.2) is 12.5 Å². The quantitative estimate of drug-likeness (QED) is 0.667. The summed E-state index contributed by atoms with van der Waals surface area (Å²) in [4.78, 5) is 7.83. The number of likely N-dealkylation sites (N-methyl/N-ethyl adjacent to an activating group) is 1. The van der Waals surface area contributed by atoms with E-state index in [1.807, 2.05) is 6.92 Å². The summed E-state index contributed by atoms with van der Waals surface area (Å²) in [5.41, 5.74) is 1.61. The number of nitrogens with zero attached hydrogens (tertiary/aromatic N) is 2. The summed E-state index contributed by atoms with van der Waals surface area (Å²) in [6.07, 6.45) is 2.60. The summed E-state index contributed by atoms with van der Waals surface area (Å²) in [6.45, 7) is 2.38. The van der Waals surface area contributed by atoms with E-state index in [0.717, 1.165) is 11.3 Å². The summed E-state index contributed by atoms with van der Waals surface area (Å²) in [7, 11) is 1.79. The van der Waals surface area contributed by atoms with Crippen LogP contribution in [-0.4, -0.2) is 28.7 Å². The Morgan fingerprint density at radius 2 is 2.42 bits per heavy atom. The van der Waals surface area contributed by atoms with Crippen molar-refractivity contribution in [2.45, 2.75) is 13.0 Å². The first kappa shape index (κ1) is 9.09. The van der Waals surface area contributed by atoms with Gasteiger partial charge in [0.25, 0.3) is 0 Å². The van der Waals surface area contributed by atoms with Crippen molar-refractivity contribution in [3.63, 3.8) is 0 Å². The number of aryl methyl sites for hydroxylation is 1. The van der Waals surface area contributed by atoms with Gasteiger partial charge in [0, 0.05) is 24.0 Å². The molecule has 0 aliphatic rings. The van der Waals surface area contributed by atoms with Crippen LogP contribution in [0, 0.1) is 6.92 Å². The van der Waals surface area contributed by atoms with Gasteiger partial charge in [0.2, 0.25) is 0 Å². The highest BCUT2D eigenvalue weighted by Crippen LogP contribution is 2.12. The zero-order valence-corrected chi connectivity index (χ0v) is 7.28. The van der Waals surface area contributed by atoms with Crippen molar-refractivity contribution in [2.75, 3.05) is 13.6 Å². The molecule has 4 nitrogen and oxygen atoms in total. The molecule has 1 atom stereocenters. The molecule has 0 aromatic carbocycles. The molecule has 0 fully saturated rings. The molecule has 0 aliphatic carbocycles. The number of nitrogens with one attached hydrogen (secondary N) is 1. The largest absolute Gasteiger partial charge is 0.387 e. The van der Waals surface area contributed by atoms with Gasteiger partial charge in [-0.15, -0.1) is 0 Å². The van der Waals surface area contributed by atoms with Crippen molar-refractivity contribution in [2.24, 2.45) is 0 Å². The Morgan fingerprint density at radius 1 is 1.67 bits per heavy atom. The molecule has 2 N–H and O–H groups in total. The molecule has 1 unspecified atom stereocenters. The molecule has 66 valence electrons. The number of hydrogen-bond donors (Lipinski definition) is 2. The van der Waals surface area contributed by atoms with Crippen molar-refractivity contribution >= 4 is 0 Å². The topological polar surface area (TPSA) is 58.0 Å². The lowest BCUT2D eigenvalue weighted by Gasteiger charge is -2.10. The third-order valence-electron chi connectivity index (χ3n) is 1.71. The third-order valence-corrected chi connectivity index (χ3v) is 1.71. The molecule has 12 heavy (non-hydrogen) atoms. The maximum atomic E-state index is 9.56. The van der Waals surface area contributed by atoms with E-state index < -0.39 is 6.10 Å². The first-order valence-corrected chi connectivity index (χ1v) is 3.85. The van der Waals surface area contributed by atoms with Gasteiger partial charge in [-0.05, 0) is 14.0 Å². The molecule has 0 saturated carbocycles. The Labute approximate surface area is 71.7 Å². The maximum absolute atomic E-state index is 9.56. The van der Waals surface area contributed by atoms with Gasteiger partial charge >= 0.3 is 0 Å². The maximum Gasteiger partial charge on any atom is 0.115 e. The van der Waals surface area contributed by atoms with Gasteiger partial charge in [-0.3, -0.25) is 0 Å². The first-order valence-electron chi connectivity index (χ1n) is 3.85. The van der Waals surface area contributed by atoms with Crippen molar-refractivity contribution in [1.29, 1.82) is 0 Å². The van der Waals surface area contributed by atoms with Crippen LogP contribution in [0.3, 0.4) is 0 Å². The Balaban J connectivity index is 2.79. The minimum absolute atomic E-state index is 0.517. The van der Waals surface area contributed by atoms with Crippen LogP contribution in [-0.2, 0) is 0 Å². The molecule has 4 heteroatoms. The van der Waals surface area contributed by atoms with Gasteiger partial charge in [-0.1, -0.05) is 0 Å². The molecule has 1 aromatic rings. The lowest BCUT2D eigenvalue weighted by atomic mass is 10.1. The minimum Gasteiger partial charge on any atom is -0.387 e. The number of aliphatic hydroxyl groups excluding tert-OH is 1. The smallest absolute Gasteiger partial charge is 0.115 e. The predicted octanol–water partition coefficient (Wildman–Crippen LogP) is 0.0378. The second-order valence-corrected chi connectivity index (χ2v) is 2.64. The SMILES string of the molecule is CNCC(O)c1cncnc1C. The molecule has 0 amide bonds. The Morgan fingerprint density at radius 3 is 3.00 bits per heavy atom. The number of hydrogen-bond acceptors (Lipinski definition) is 4. The summed E-state index contributed by atoms with van der Waals surface area (Å²) in [5, 5.41) is 12.4. The second kappa shape index (κ2) is 4.13. The molecule has 0 saturated heterocycles. The molecule has 0 aliphatic heterocycles. The van der Waals surface area contributed by atoms with E-state index in [0.29, 0.717) is 6.54 Å². The van der Waals surface area contributed by atoms with Gasteiger partial charge in [-0.25, -0.2) is 9.97 Å². The van der Waals surface area contributed by atoms with Gasteiger partial charge in [-0.2, -0.15) is 0 Å². The molecule has 1 rings (SSSR count). The standard InChI is InChI=1S/C8H13N3O/c1-6-7(3-10-5-11-6)8(12)4-9-2/h3,5,8-9,12H,4H2,1-2H3. The molecule has 1 aromatic heterocycles. The zero-order valence-electron chi connectivity index (χ0n) is 7.28. The lowest BCUT2D eigenvalue weighted by molar-refractivity contribution is 0.176. The Bertz CT molecular complexity index is 252. The van der Waals surface area contributed by atoms with Crippen LogP contribution in [0.1, 0.15) is 17.4 Å². The van der Waals surface area contributed by atoms with Crippen molar-refractivity contribution in [1.82, 2.24) is 15.3 Å². The van der Waals surface area contributed by atoms with Gasteiger partial charge < -0.3 is 10.4 Å². The van der Waals surface area contributed by atoms with E-state index in [4.69, 9.17) is 0 Å². The fraction of sp³-hybridized carbons (Fsp3) is 0.500. The summed E-state index contributed by atoms with van der Waals surface area (Å²) >= 11 is 0. The van der Waals surface area contributed by atoms with Crippen molar-refractivity contribution < 1.29 is 5.11 Å².